The fourth-order valence-electron chi connectivity index (χ4n) is 2.82. The van der Waals surface area contributed by atoms with Crippen LogP contribution < -0.4 is 5.32 Å². The van der Waals surface area contributed by atoms with Crippen LogP contribution in [0.2, 0.25) is 0 Å². The first-order valence-electron chi connectivity index (χ1n) is 7.11. The van der Waals surface area contributed by atoms with E-state index in [1.54, 1.807) is 7.11 Å². The fourth-order valence-corrected chi connectivity index (χ4v) is 2.82. The molecule has 2 atom stereocenters. The minimum absolute atomic E-state index is 0.0831. The Bertz CT molecular complexity index is 677. The number of H-pyrrole nitrogens is 1. The third-order valence-electron chi connectivity index (χ3n) is 4.24. The van der Waals surface area contributed by atoms with Crippen LogP contribution in [0.1, 0.15) is 21.6 Å². The molecule has 112 valence electrons. The summed E-state index contributed by atoms with van der Waals surface area (Å²) < 4.78 is 10.7. The molecule has 0 radical (unpaired) electrons. The van der Waals surface area contributed by atoms with Crippen LogP contribution in [0.5, 0.6) is 0 Å². The minimum Gasteiger partial charge on any atom is -0.377 e. The highest BCUT2D eigenvalue weighted by molar-refractivity contribution is 6.06. The molecule has 1 fully saturated rings. The third-order valence-corrected chi connectivity index (χ3v) is 4.24. The Morgan fingerprint density at radius 2 is 2.19 bits per heavy atom. The number of para-hydroxylation sites is 1. The molecule has 1 aromatic carbocycles. The van der Waals surface area contributed by atoms with Gasteiger partial charge in [0.05, 0.1) is 30.3 Å². The molecule has 1 saturated heterocycles. The summed E-state index contributed by atoms with van der Waals surface area (Å²) in [4.78, 5) is 15.9. The summed E-state index contributed by atoms with van der Waals surface area (Å²) in [6.07, 6.45) is -0.0831. The van der Waals surface area contributed by atoms with Crippen molar-refractivity contribution in [3.63, 3.8) is 0 Å². The van der Waals surface area contributed by atoms with Gasteiger partial charge in [0.2, 0.25) is 0 Å². The second kappa shape index (κ2) is 5.50. The summed E-state index contributed by atoms with van der Waals surface area (Å²) >= 11 is 0. The van der Waals surface area contributed by atoms with Gasteiger partial charge < -0.3 is 19.8 Å². The zero-order chi connectivity index (χ0) is 15.0. The molecule has 0 unspecified atom stereocenters. The van der Waals surface area contributed by atoms with Crippen LogP contribution in [0, 0.1) is 13.8 Å². The van der Waals surface area contributed by atoms with E-state index in [-0.39, 0.29) is 18.1 Å². The number of fused-ring (bicyclic) bond motifs is 1. The second-order valence-electron chi connectivity index (χ2n) is 5.49. The van der Waals surface area contributed by atoms with Gasteiger partial charge in [0, 0.05) is 18.2 Å². The number of rotatable bonds is 3. The molecule has 0 aliphatic carbocycles. The van der Waals surface area contributed by atoms with Gasteiger partial charge >= 0.3 is 0 Å². The van der Waals surface area contributed by atoms with Crippen LogP contribution in [0.25, 0.3) is 10.9 Å². The third kappa shape index (κ3) is 2.43. The highest BCUT2D eigenvalue weighted by Gasteiger charge is 2.30. The van der Waals surface area contributed by atoms with Crippen molar-refractivity contribution in [1.82, 2.24) is 10.3 Å². The van der Waals surface area contributed by atoms with Crippen LogP contribution >= 0.6 is 0 Å². The standard InChI is InChI=1S/C16H20N2O3/c1-9-10(2)17-15-11(9)5-4-6-12(15)16(19)18-13-7-21-8-14(13)20-3/h4-6,13-14,17H,7-8H2,1-3H3,(H,18,19)/t13-,14-/m0/s1. The molecule has 0 saturated carbocycles. The Morgan fingerprint density at radius 1 is 1.38 bits per heavy atom. The number of nitrogens with one attached hydrogen (secondary N) is 2. The SMILES string of the molecule is CO[C@H]1COC[C@@H]1NC(=O)c1cccc2c(C)c(C)[nH]c12. The Morgan fingerprint density at radius 3 is 2.95 bits per heavy atom. The number of hydrogen-bond donors (Lipinski definition) is 2. The van der Waals surface area contributed by atoms with Crippen LogP contribution in [-0.2, 0) is 9.47 Å². The number of hydrogen-bond acceptors (Lipinski definition) is 3. The number of carbonyl (C=O) groups is 1. The maximum atomic E-state index is 12.6. The quantitative estimate of drug-likeness (QED) is 0.907. The Balaban J connectivity index is 1.90. The van der Waals surface area contributed by atoms with Gasteiger partial charge in [0.1, 0.15) is 6.10 Å². The van der Waals surface area contributed by atoms with Crippen LogP contribution in [0.4, 0.5) is 0 Å². The first-order valence-corrected chi connectivity index (χ1v) is 7.11. The van der Waals surface area contributed by atoms with Gasteiger partial charge in [-0.3, -0.25) is 4.79 Å². The van der Waals surface area contributed by atoms with Gasteiger partial charge in [-0.25, -0.2) is 0 Å². The zero-order valence-electron chi connectivity index (χ0n) is 12.5. The van der Waals surface area contributed by atoms with E-state index < -0.39 is 0 Å². The van der Waals surface area contributed by atoms with Crippen molar-refractivity contribution >= 4 is 16.8 Å². The van der Waals surface area contributed by atoms with Crippen LogP contribution in [-0.4, -0.2) is 43.4 Å². The van der Waals surface area contributed by atoms with E-state index in [2.05, 4.69) is 17.2 Å². The summed E-state index contributed by atoms with van der Waals surface area (Å²) in [5.41, 5.74) is 3.81. The molecule has 1 aromatic heterocycles. The largest absolute Gasteiger partial charge is 0.377 e. The number of aromatic amines is 1. The van der Waals surface area contributed by atoms with E-state index >= 15 is 0 Å². The van der Waals surface area contributed by atoms with Gasteiger partial charge in [-0.05, 0) is 25.5 Å². The van der Waals surface area contributed by atoms with E-state index in [1.807, 2.05) is 25.1 Å². The predicted molar refractivity (Wildman–Crippen MR) is 80.6 cm³/mol. The molecule has 1 amide bonds. The normalized spacial score (nSPS) is 21.9. The Labute approximate surface area is 123 Å². The minimum atomic E-state index is -0.102. The predicted octanol–water partition coefficient (Wildman–Crippen LogP) is 1.93. The lowest BCUT2D eigenvalue weighted by Gasteiger charge is -2.17. The average Bonchev–Trinajstić information content (AvgIpc) is 3.04. The first-order chi connectivity index (χ1) is 10.1. The number of methoxy groups -OCH3 is 1. The summed E-state index contributed by atoms with van der Waals surface area (Å²) in [6.45, 7) is 5.08. The van der Waals surface area contributed by atoms with Crippen molar-refractivity contribution in [2.75, 3.05) is 20.3 Å². The lowest BCUT2D eigenvalue weighted by molar-refractivity contribution is 0.0686. The van der Waals surface area contributed by atoms with E-state index in [9.17, 15) is 4.79 Å². The van der Waals surface area contributed by atoms with Crippen molar-refractivity contribution in [3.05, 3.63) is 35.0 Å². The van der Waals surface area contributed by atoms with Gasteiger partial charge in [0.25, 0.3) is 5.91 Å². The number of benzene rings is 1. The molecule has 2 heterocycles. The fraction of sp³-hybridized carbons (Fsp3) is 0.438. The van der Waals surface area contributed by atoms with Gasteiger partial charge in [-0.1, -0.05) is 12.1 Å². The highest BCUT2D eigenvalue weighted by atomic mass is 16.5. The molecule has 2 N–H and O–H groups in total. The highest BCUT2D eigenvalue weighted by Crippen LogP contribution is 2.24. The lowest BCUT2D eigenvalue weighted by Crippen LogP contribution is -2.43. The van der Waals surface area contributed by atoms with Crippen molar-refractivity contribution < 1.29 is 14.3 Å². The van der Waals surface area contributed by atoms with Gasteiger partial charge in [0.15, 0.2) is 0 Å². The Hall–Kier alpha value is -1.85. The number of aryl methyl sites for hydroxylation is 2. The maximum absolute atomic E-state index is 12.6. The second-order valence-corrected chi connectivity index (χ2v) is 5.49. The van der Waals surface area contributed by atoms with E-state index in [0.29, 0.717) is 18.8 Å². The van der Waals surface area contributed by atoms with Crippen molar-refractivity contribution in [3.8, 4) is 0 Å². The van der Waals surface area contributed by atoms with E-state index in [1.165, 1.54) is 5.56 Å². The molecule has 3 rings (SSSR count). The molecule has 21 heavy (non-hydrogen) atoms. The summed E-state index contributed by atoms with van der Waals surface area (Å²) in [6, 6.07) is 5.68. The topological polar surface area (TPSA) is 63.4 Å². The van der Waals surface area contributed by atoms with Crippen molar-refractivity contribution in [2.45, 2.75) is 26.0 Å². The summed E-state index contributed by atoms with van der Waals surface area (Å²) in [5.74, 6) is -0.0978. The monoisotopic (exact) mass is 288 g/mol. The molecule has 1 aliphatic rings. The van der Waals surface area contributed by atoms with Crippen LogP contribution in [0.15, 0.2) is 18.2 Å². The van der Waals surface area contributed by atoms with Crippen LogP contribution in [0.3, 0.4) is 0 Å². The number of amides is 1. The summed E-state index contributed by atoms with van der Waals surface area (Å²) in [7, 11) is 1.64. The Kier molecular flexibility index (Phi) is 3.69. The summed E-state index contributed by atoms with van der Waals surface area (Å²) in [5, 5.41) is 4.10. The molecule has 2 aromatic rings. The molecule has 5 heteroatoms. The van der Waals surface area contributed by atoms with Gasteiger partial charge in [-0.2, -0.15) is 0 Å². The average molecular weight is 288 g/mol. The smallest absolute Gasteiger partial charge is 0.253 e. The molecular weight excluding hydrogens is 268 g/mol. The lowest BCUT2D eigenvalue weighted by atomic mass is 10.1. The molecule has 0 spiro atoms. The maximum Gasteiger partial charge on any atom is 0.253 e. The first kappa shape index (κ1) is 14.1. The number of carbonyl (C=O) groups excluding carboxylic acids is 1. The molecule has 1 aliphatic heterocycles. The van der Waals surface area contributed by atoms with Crippen molar-refractivity contribution in [2.24, 2.45) is 0 Å². The zero-order valence-corrected chi connectivity index (χ0v) is 12.5. The van der Waals surface area contributed by atoms with E-state index in [0.717, 1.165) is 16.6 Å². The molecule has 5 nitrogen and oxygen atoms in total. The molecular formula is C16H20N2O3. The molecule has 0 bridgehead atoms. The number of aromatic nitrogens is 1. The van der Waals surface area contributed by atoms with E-state index in [4.69, 9.17) is 9.47 Å². The van der Waals surface area contributed by atoms with Gasteiger partial charge in [-0.15, -0.1) is 0 Å². The van der Waals surface area contributed by atoms with Crippen molar-refractivity contribution in [1.29, 1.82) is 0 Å². The number of ether oxygens (including phenoxy) is 2.